The van der Waals surface area contributed by atoms with Crippen LogP contribution in [0.3, 0.4) is 0 Å². The van der Waals surface area contributed by atoms with E-state index in [0.29, 0.717) is 22.7 Å². The zero-order chi connectivity index (χ0) is 24.2. The van der Waals surface area contributed by atoms with E-state index in [1.165, 1.54) is 22.1 Å². The van der Waals surface area contributed by atoms with Crippen LogP contribution >= 0.6 is 0 Å². The number of aryl methyl sites for hydroxylation is 1. The van der Waals surface area contributed by atoms with Crippen molar-refractivity contribution < 1.29 is 18.4 Å². The van der Waals surface area contributed by atoms with Crippen molar-refractivity contribution in [2.45, 2.75) is 26.1 Å². The molecule has 0 aliphatic rings. The van der Waals surface area contributed by atoms with Crippen LogP contribution in [0.15, 0.2) is 94.2 Å². The normalized spacial score (nSPS) is 11.9. The van der Waals surface area contributed by atoms with E-state index in [-0.39, 0.29) is 19.0 Å². The number of fused-ring (bicyclic) bond motifs is 1. The van der Waals surface area contributed by atoms with Crippen LogP contribution in [0.5, 0.6) is 0 Å². The summed E-state index contributed by atoms with van der Waals surface area (Å²) in [6.45, 7) is 2.02. The quantitative estimate of drug-likeness (QED) is 0.368. The first-order valence-electron chi connectivity index (χ1n) is 11.1. The molecule has 0 fully saturated rings. The van der Waals surface area contributed by atoms with E-state index in [2.05, 4.69) is 15.6 Å². The van der Waals surface area contributed by atoms with E-state index in [0.717, 1.165) is 11.1 Å². The zero-order valence-electron chi connectivity index (χ0n) is 19.0. The third kappa shape index (κ3) is 4.70. The Bertz CT molecular complexity index is 1420. The molecule has 176 valence electrons. The van der Waals surface area contributed by atoms with Gasteiger partial charge in [0.25, 0.3) is 5.91 Å². The molecule has 0 saturated heterocycles. The zero-order valence-corrected chi connectivity index (χ0v) is 19.0. The van der Waals surface area contributed by atoms with E-state index in [1.54, 1.807) is 24.3 Å². The Labute approximate surface area is 200 Å². The standard InChI is InChI=1S/C26H23N5O4/c1-18-10-12-19(13-11-18)31(24(32)17-30-22-8-3-2-7-21(22)28-29-30)25(23-9-5-15-35-23)26(33)27-16-20-6-4-14-34-20/h2-15,25H,16-17H2,1H3,(H,27,33). The number of carbonyl (C=O) groups is 2. The number of benzene rings is 2. The molecule has 9 nitrogen and oxygen atoms in total. The van der Waals surface area contributed by atoms with Gasteiger partial charge in [0.15, 0.2) is 6.04 Å². The van der Waals surface area contributed by atoms with Gasteiger partial charge in [-0.15, -0.1) is 5.10 Å². The summed E-state index contributed by atoms with van der Waals surface area (Å²) in [5.74, 6) is 0.172. The third-order valence-corrected chi connectivity index (χ3v) is 5.62. The number of hydrogen-bond acceptors (Lipinski definition) is 6. The van der Waals surface area contributed by atoms with Gasteiger partial charge in [0.05, 0.1) is 24.6 Å². The molecule has 1 unspecified atom stereocenters. The molecule has 1 atom stereocenters. The van der Waals surface area contributed by atoms with E-state index < -0.39 is 11.9 Å². The van der Waals surface area contributed by atoms with Gasteiger partial charge in [-0.25, -0.2) is 4.68 Å². The molecule has 0 aliphatic carbocycles. The number of amides is 2. The fraction of sp³-hybridized carbons (Fsp3) is 0.154. The highest BCUT2D eigenvalue weighted by Gasteiger charge is 2.35. The molecule has 2 amide bonds. The second kappa shape index (κ2) is 9.68. The molecule has 0 bridgehead atoms. The minimum Gasteiger partial charge on any atom is -0.467 e. The lowest BCUT2D eigenvalue weighted by Crippen LogP contribution is -2.45. The first-order valence-corrected chi connectivity index (χ1v) is 11.1. The largest absolute Gasteiger partial charge is 0.467 e. The lowest BCUT2D eigenvalue weighted by molar-refractivity contribution is -0.127. The highest BCUT2D eigenvalue weighted by molar-refractivity contribution is 6.01. The van der Waals surface area contributed by atoms with Crippen molar-refractivity contribution in [2.75, 3.05) is 4.90 Å². The summed E-state index contributed by atoms with van der Waals surface area (Å²) < 4.78 is 12.5. The van der Waals surface area contributed by atoms with Gasteiger partial charge in [0.1, 0.15) is 23.6 Å². The summed E-state index contributed by atoms with van der Waals surface area (Å²) in [5.41, 5.74) is 2.99. The maximum atomic E-state index is 13.8. The number of para-hydroxylation sites is 1. The maximum Gasteiger partial charge on any atom is 0.251 e. The third-order valence-electron chi connectivity index (χ3n) is 5.62. The van der Waals surface area contributed by atoms with Crippen molar-refractivity contribution in [2.24, 2.45) is 0 Å². The van der Waals surface area contributed by atoms with E-state index in [1.807, 2.05) is 55.5 Å². The Balaban J connectivity index is 1.51. The van der Waals surface area contributed by atoms with Crippen molar-refractivity contribution in [3.63, 3.8) is 0 Å². The highest BCUT2D eigenvalue weighted by atomic mass is 16.3. The van der Waals surface area contributed by atoms with Crippen LogP contribution in [0.4, 0.5) is 5.69 Å². The van der Waals surface area contributed by atoms with Gasteiger partial charge >= 0.3 is 0 Å². The molecule has 5 rings (SSSR count). The Morgan fingerprint density at radius 3 is 2.49 bits per heavy atom. The average Bonchev–Trinajstić information content (AvgIpc) is 3.65. The Hall–Kier alpha value is -4.66. The highest BCUT2D eigenvalue weighted by Crippen LogP contribution is 2.29. The Morgan fingerprint density at radius 2 is 1.74 bits per heavy atom. The summed E-state index contributed by atoms with van der Waals surface area (Å²) in [5, 5.41) is 11.1. The topological polar surface area (TPSA) is 106 Å². The molecule has 0 spiro atoms. The van der Waals surface area contributed by atoms with Gasteiger partial charge in [-0.2, -0.15) is 0 Å². The predicted octanol–water partition coefficient (Wildman–Crippen LogP) is 4.02. The van der Waals surface area contributed by atoms with Crippen molar-refractivity contribution in [1.82, 2.24) is 20.3 Å². The summed E-state index contributed by atoms with van der Waals surface area (Å²) in [6.07, 6.45) is 3.01. The first-order chi connectivity index (χ1) is 17.1. The van der Waals surface area contributed by atoms with Crippen LogP contribution in [0.2, 0.25) is 0 Å². The summed E-state index contributed by atoms with van der Waals surface area (Å²) in [7, 11) is 0. The number of nitrogens with one attached hydrogen (secondary N) is 1. The van der Waals surface area contributed by atoms with E-state index in [9.17, 15) is 9.59 Å². The second-order valence-corrected chi connectivity index (χ2v) is 8.05. The van der Waals surface area contributed by atoms with Crippen molar-refractivity contribution in [3.05, 3.63) is 102 Å². The van der Waals surface area contributed by atoms with Crippen molar-refractivity contribution in [3.8, 4) is 0 Å². The summed E-state index contributed by atoms with van der Waals surface area (Å²) in [6, 6.07) is 20.6. The molecule has 0 radical (unpaired) electrons. The number of aromatic nitrogens is 3. The summed E-state index contributed by atoms with van der Waals surface area (Å²) >= 11 is 0. The van der Waals surface area contributed by atoms with Crippen LogP contribution < -0.4 is 10.2 Å². The lowest BCUT2D eigenvalue weighted by Gasteiger charge is -2.30. The molecule has 0 saturated carbocycles. The number of anilines is 1. The van der Waals surface area contributed by atoms with Gasteiger partial charge in [0.2, 0.25) is 5.91 Å². The van der Waals surface area contributed by atoms with Crippen LogP contribution in [0.25, 0.3) is 11.0 Å². The number of carbonyl (C=O) groups excluding carboxylic acids is 2. The van der Waals surface area contributed by atoms with E-state index >= 15 is 0 Å². The molecule has 3 heterocycles. The van der Waals surface area contributed by atoms with Gasteiger partial charge in [0, 0.05) is 5.69 Å². The Kier molecular flexibility index (Phi) is 6.13. The second-order valence-electron chi connectivity index (χ2n) is 8.05. The van der Waals surface area contributed by atoms with E-state index in [4.69, 9.17) is 8.83 Å². The molecule has 1 N–H and O–H groups in total. The number of hydrogen-bond donors (Lipinski definition) is 1. The Morgan fingerprint density at radius 1 is 0.971 bits per heavy atom. The maximum absolute atomic E-state index is 13.8. The molecule has 5 aromatic rings. The number of furan rings is 2. The minimum atomic E-state index is -1.05. The predicted molar refractivity (Wildman–Crippen MR) is 128 cm³/mol. The summed E-state index contributed by atoms with van der Waals surface area (Å²) in [4.78, 5) is 28.7. The number of rotatable bonds is 8. The van der Waals surface area contributed by atoms with Crippen LogP contribution in [-0.4, -0.2) is 26.8 Å². The fourth-order valence-electron chi connectivity index (χ4n) is 3.89. The average molecular weight is 470 g/mol. The monoisotopic (exact) mass is 469 g/mol. The van der Waals surface area contributed by atoms with Gasteiger partial charge < -0.3 is 14.2 Å². The smallest absolute Gasteiger partial charge is 0.251 e. The first kappa shape index (κ1) is 22.1. The molecule has 2 aromatic carbocycles. The molecule has 0 aliphatic heterocycles. The SMILES string of the molecule is Cc1ccc(N(C(=O)Cn2nnc3ccccc32)C(C(=O)NCc2ccco2)c2ccco2)cc1. The van der Waals surface area contributed by atoms with Crippen molar-refractivity contribution in [1.29, 1.82) is 0 Å². The van der Waals surface area contributed by atoms with Crippen LogP contribution in [0.1, 0.15) is 23.1 Å². The minimum absolute atomic E-state index is 0.114. The van der Waals surface area contributed by atoms with Gasteiger partial charge in [-0.1, -0.05) is 35.0 Å². The lowest BCUT2D eigenvalue weighted by atomic mass is 10.1. The van der Waals surface area contributed by atoms with Crippen LogP contribution in [-0.2, 0) is 22.7 Å². The number of nitrogens with zero attached hydrogens (tertiary/aromatic N) is 4. The molecular weight excluding hydrogens is 446 g/mol. The van der Waals surface area contributed by atoms with Gasteiger partial charge in [-0.3, -0.25) is 14.5 Å². The molecule has 3 aromatic heterocycles. The van der Waals surface area contributed by atoms with Crippen molar-refractivity contribution >= 4 is 28.5 Å². The molecule has 9 heteroatoms. The fourth-order valence-corrected chi connectivity index (χ4v) is 3.89. The molecular formula is C26H23N5O4. The molecule has 35 heavy (non-hydrogen) atoms. The van der Waals surface area contributed by atoms with Gasteiger partial charge in [-0.05, 0) is 55.5 Å². The van der Waals surface area contributed by atoms with Crippen LogP contribution in [0, 0.1) is 6.92 Å².